The molecule has 0 saturated carbocycles. The van der Waals surface area contributed by atoms with Gasteiger partial charge in [-0.05, 0) is 45.8 Å². The lowest BCUT2D eigenvalue weighted by Gasteiger charge is -2.45. The van der Waals surface area contributed by atoms with Crippen molar-refractivity contribution < 1.29 is 9.53 Å². The van der Waals surface area contributed by atoms with E-state index in [1.165, 1.54) is 0 Å². The van der Waals surface area contributed by atoms with Crippen LogP contribution in [0.5, 0.6) is 0 Å². The van der Waals surface area contributed by atoms with Crippen molar-refractivity contribution in [3.8, 4) is 0 Å². The van der Waals surface area contributed by atoms with Crippen LogP contribution in [-0.2, 0) is 9.53 Å². The summed E-state index contributed by atoms with van der Waals surface area (Å²) in [5.74, 6) is -0.0453. The number of anilines is 1. The first-order valence-corrected chi connectivity index (χ1v) is 9.05. The van der Waals surface area contributed by atoms with Gasteiger partial charge in [-0.2, -0.15) is 0 Å². The van der Waals surface area contributed by atoms with E-state index in [2.05, 4.69) is 23.9 Å². The minimum absolute atomic E-state index is 0.148. The molecule has 2 rings (SSSR count). The highest BCUT2D eigenvalue weighted by Crippen LogP contribution is 2.27. The van der Waals surface area contributed by atoms with Gasteiger partial charge < -0.3 is 14.5 Å². The lowest BCUT2D eigenvalue weighted by molar-refractivity contribution is -0.147. The fraction of sp³-hybridized carbons (Fsp3) is 0.684. The van der Waals surface area contributed by atoms with Crippen LogP contribution in [0, 0.1) is 12.8 Å². The van der Waals surface area contributed by atoms with Crippen LogP contribution in [0.3, 0.4) is 0 Å². The fourth-order valence-electron chi connectivity index (χ4n) is 3.19. The number of aryl methyl sites for hydroxylation is 1. The predicted octanol–water partition coefficient (Wildman–Crippen LogP) is 2.06. The summed E-state index contributed by atoms with van der Waals surface area (Å²) in [4.78, 5) is 29.4. The third-order valence-corrected chi connectivity index (χ3v) is 4.78. The number of aromatic nitrogens is 1. The Hall–Kier alpha value is -1.82. The third kappa shape index (κ3) is 4.42. The Labute approximate surface area is 150 Å². The van der Waals surface area contributed by atoms with Gasteiger partial charge in [0.2, 0.25) is 0 Å². The molecule has 0 bridgehead atoms. The molecule has 1 aromatic rings. The molecular formula is C19H31N3O3. The van der Waals surface area contributed by atoms with Crippen molar-refractivity contribution in [3.63, 3.8) is 0 Å². The molecule has 25 heavy (non-hydrogen) atoms. The highest BCUT2D eigenvalue weighted by atomic mass is 16.5. The monoisotopic (exact) mass is 349 g/mol. The standard InChI is InChI=1S/C19H31N3O3/c1-7-25-19(24)16(8-13(2)3)22-12-17(14(4)9-18(22)23)21-10-15(11-21)20(5)6/h9,12-13,15-16H,7-8,10-11H2,1-6H3. The van der Waals surface area contributed by atoms with Gasteiger partial charge in [-0.25, -0.2) is 4.79 Å². The number of ether oxygens (including phenoxy) is 1. The fourth-order valence-corrected chi connectivity index (χ4v) is 3.19. The number of carbonyl (C=O) groups excluding carboxylic acids is 1. The van der Waals surface area contributed by atoms with Crippen LogP contribution < -0.4 is 10.5 Å². The van der Waals surface area contributed by atoms with E-state index < -0.39 is 6.04 Å². The van der Waals surface area contributed by atoms with Crippen molar-refractivity contribution in [1.29, 1.82) is 0 Å². The molecule has 1 unspecified atom stereocenters. The van der Waals surface area contributed by atoms with Gasteiger partial charge in [0.1, 0.15) is 6.04 Å². The van der Waals surface area contributed by atoms with Gasteiger partial charge in [0.15, 0.2) is 0 Å². The summed E-state index contributed by atoms with van der Waals surface area (Å²) in [7, 11) is 4.16. The Morgan fingerprint density at radius 1 is 1.36 bits per heavy atom. The molecule has 0 aliphatic carbocycles. The summed E-state index contributed by atoms with van der Waals surface area (Å²) in [5.41, 5.74) is 1.83. The molecule has 0 aromatic carbocycles. The molecule has 140 valence electrons. The summed E-state index contributed by atoms with van der Waals surface area (Å²) >= 11 is 0. The maximum atomic E-state index is 12.6. The molecule has 1 aliphatic rings. The molecule has 1 aliphatic heterocycles. The van der Waals surface area contributed by atoms with Gasteiger partial charge in [0, 0.05) is 31.4 Å². The first kappa shape index (κ1) is 19.5. The smallest absolute Gasteiger partial charge is 0.329 e. The molecule has 0 amide bonds. The Kier molecular flexibility index (Phi) is 6.27. The highest BCUT2D eigenvalue weighted by molar-refractivity contribution is 5.74. The van der Waals surface area contributed by atoms with Gasteiger partial charge in [-0.3, -0.25) is 9.36 Å². The van der Waals surface area contributed by atoms with E-state index in [4.69, 9.17) is 4.74 Å². The lowest BCUT2D eigenvalue weighted by atomic mass is 10.0. The number of hydrogen-bond acceptors (Lipinski definition) is 5. The zero-order valence-corrected chi connectivity index (χ0v) is 16.3. The largest absolute Gasteiger partial charge is 0.464 e. The normalized spacial score (nSPS) is 16.2. The molecule has 6 nitrogen and oxygen atoms in total. The van der Waals surface area contributed by atoms with Gasteiger partial charge >= 0.3 is 5.97 Å². The number of carbonyl (C=O) groups is 1. The van der Waals surface area contributed by atoms with E-state index in [1.54, 1.807) is 17.6 Å². The number of hydrogen-bond donors (Lipinski definition) is 0. The van der Waals surface area contributed by atoms with Crippen LogP contribution >= 0.6 is 0 Å². The van der Waals surface area contributed by atoms with E-state index in [1.807, 2.05) is 27.0 Å². The highest BCUT2D eigenvalue weighted by Gasteiger charge is 2.31. The molecule has 0 radical (unpaired) electrons. The van der Waals surface area contributed by atoms with Crippen molar-refractivity contribution in [2.75, 3.05) is 38.7 Å². The number of nitrogens with zero attached hydrogens (tertiary/aromatic N) is 3. The number of esters is 1. The minimum atomic E-state index is -0.572. The maximum absolute atomic E-state index is 12.6. The van der Waals surface area contributed by atoms with Crippen LogP contribution in [-0.4, -0.2) is 55.3 Å². The van der Waals surface area contributed by atoms with Crippen molar-refractivity contribution in [1.82, 2.24) is 9.47 Å². The summed E-state index contributed by atoms with van der Waals surface area (Å²) in [6, 6.07) is 1.58. The van der Waals surface area contributed by atoms with Crippen LogP contribution in [0.25, 0.3) is 0 Å². The second kappa shape index (κ2) is 8.04. The lowest BCUT2D eigenvalue weighted by Crippen LogP contribution is -2.58. The SMILES string of the molecule is CCOC(=O)C(CC(C)C)n1cc(N2CC(N(C)C)C2)c(C)cc1=O. The first-order valence-electron chi connectivity index (χ1n) is 9.05. The molecule has 2 heterocycles. The topological polar surface area (TPSA) is 54.8 Å². The van der Waals surface area contributed by atoms with E-state index in [-0.39, 0.29) is 17.4 Å². The van der Waals surface area contributed by atoms with Gasteiger partial charge in [-0.1, -0.05) is 13.8 Å². The second-order valence-corrected chi connectivity index (χ2v) is 7.51. The van der Waals surface area contributed by atoms with Gasteiger partial charge in [0.05, 0.1) is 12.3 Å². The van der Waals surface area contributed by atoms with Crippen molar-refractivity contribution in [3.05, 3.63) is 28.2 Å². The van der Waals surface area contributed by atoms with Crippen molar-refractivity contribution in [2.24, 2.45) is 5.92 Å². The molecule has 1 fully saturated rings. The average molecular weight is 349 g/mol. The Bertz CT molecular complexity index is 660. The van der Waals surface area contributed by atoms with Crippen molar-refractivity contribution >= 4 is 11.7 Å². The van der Waals surface area contributed by atoms with E-state index >= 15 is 0 Å². The van der Waals surface area contributed by atoms with Crippen LogP contribution in [0.2, 0.25) is 0 Å². The van der Waals surface area contributed by atoms with Gasteiger partial charge in [-0.15, -0.1) is 0 Å². The molecular weight excluding hydrogens is 318 g/mol. The Morgan fingerprint density at radius 2 is 2.00 bits per heavy atom. The first-order chi connectivity index (χ1) is 11.7. The zero-order chi connectivity index (χ0) is 18.7. The Balaban J connectivity index is 2.34. The van der Waals surface area contributed by atoms with Gasteiger partial charge in [0.25, 0.3) is 5.56 Å². The molecule has 0 N–H and O–H groups in total. The number of rotatable bonds is 7. The summed E-state index contributed by atoms with van der Waals surface area (Å²) < 4.78 is 6.77. The quantitative estimate of drug-likeness (QED) is 0.705. The number of pyridine rings is 1. The van der Waals surface area contributed by atoms with Crippen LogP contribution in [0.4, 0.5) is 5.69 Å². The average Bonchev–Trinajstić information content (AvgIpc) is 2.45. The van der Waals surface area contributed by atoms with E-state index in [0.29, 0.717) is 19.1 Å². The van der Waals surface area contributed by atoms with Crippen LogP contribution in [0.1, 0.15) is 38.8 Å². The molecule has 6 heteroatoms. The maximum Gasteiger partial charge on any atom is 0.329 e. The summed E-state index contributed by atoms with van der Waals surface area (Å²) in [5, 5.41) is 0. The molecule has 1 atom stereocenters. The second-order valence-electron chi connectivity index (χ2n) is 7.51. The molecule has 0 spiro atoms. The summed E-state index contributed by atoms with van der Waals surface area (Å²) in [6.07, 6.45) is 2.43. The zero-order valence-electron chi connectivity index (χ0n) is 16.3. The Morgan fingerprint density at radius 3 is 2.52 bits per heavy atom. The molecule has 1 saturated heterocycles. The summed E-state index contributed by atoms with van der Waals surface area (Å²) in [6.45, 7) is 10.0. The van der Waals surface area contributed by atoms with E-state index in [0.717, 1.165) is 24.3 Å². The number of likely N-dealkylation sites (N-methyl/N-ethyl adjacent to an activating group) is 1. The van der Waals surface area contributed by atoms with Crippen molar-refractivity contribution in [2.45, 2.75) is 46.2 Å². The minimum Gasteiger partial charge on any atom is -0.464 e. The third-order valence-electron chi connectivity index (χ3n) is 4.78. The predicted molar refractivity (Wildman–Crippen MR) is 100 cm³/mol. The van der Waals surface area contributed by atoms with E-state index in [9.17, 15) is 9.59 Å². The van der Waals surface area contributed by atoms with Crippen LogP contribution in [0.15, 0.2) is 17.1 Å². The molecule has 1 aromatic heterocycles.